The summed E-state index contributed by atoms with van der Waals surface area (Å²) in [7, 11) is -4.87. The lowest BCUT2D eigenvalue weighted by Gasteiger charge is -2.40. The zero-order chi connectivity index (χ0) is 44.0. The molecule has 0 saturated carbocycles. The fraction of sp³-hybridized carbons (Fsp3) is 0.455. The van der Waals surface area contributed by atoms with Gasteiger partial charge in [-0.05, 0) is 60.4 Å². The van der Waals surface area contributed by atoms with E-state index in [-0.39, 0.29) is 63.0 Å². The molecule has 13 nitrogen and oxygen atoms in total. The summed E-state index contributed by atoms with van der Waals surface area (Å²) in [5.41, 5.74) is -3.68. The van der Waals surface area contributed by atoms with Crippen molar-refractivity contribution in [2.75, 3.05) is 46.0 Å². The Morgan fingerprint density at radius 3 is 2.26 bits per heavy atom. The standard InChI is InChI=1S/C44H53F2N4O9PS/c1-6-58-60(55,59-7-2)44(45,46)32-18-19-35-31(24-32)25-36(61-35)40(52)48-39(43(3,4)5)42(54)50-21-20-33(47-26-37(51)57-28-29-14-10-8-11-15-29)38(50)41(53)49-22-23-56-34(27-49)30-16-12-9-13-17-30/h8-19,24-25,33-34,38-39,47H,6-7,20-23,26-28H2,1-5H3,(H,48,52)/t33-,34+,38+,39-/m1/s1. The van der Waals surface area contributed by atoms with Crippen molar-refractivity contribution >= 4 is 52.7 Å². The Morgan fingerprint density at radius 2 is 1.61 bits per heavy atom. The molecule has 2 aliphatic heterocycles. The van der Waals surface area contributed by atoms with Gasteiger partial charge in [-0.15, -0.1) is 11.3 Å². The molecular weight excluding hydrogens is 830 g/mol. The Balaban J connectivity index is 1.23. The number of hydrogen-bond acceptors (Lipinski definition) is 11. The second kappa shape index (κ2) is 19.6. The van der Waals surface area contributed by atoms with E-state index < -0.39 is 60.1 Å². The highest BCUT2D eigenvalue weighted by molar-refractivity contribution is 7.54. The number of thiophene rings is 1. The number of fused-ring (bicyclic) bond motifs is 1. The molecule has 2 saturated heterocycles. The topological polar surface area (TPSA) is 153 Å². The molecule has 3 heterocycles. The first kappa shape index (κ1) is 45.9. The minimum absolute atomic E-state index is 0.0813. The highest BCUT2D eigenvalue weighted by Gasteiger charge is 2.55. The SMILES string of the molecule is CCOP(=O)(OCC)C(F)(F)c1ccc2sc(C(=O)N[C@H](C(=O)N3CC[C@@H](NCC(=O)OCc4ccccc4)[C@H]3C(=O)N3CCO[C@H](c4ccccc4)C3)C(C)(C)C)cc2c1. The van der Waals surface area contributed by atoms with Crippen molar-refractivity contribution in [3.05, 3.63) is 106 Å². The van der Waals surface area contributed by atoms with Crippen LogP contribution in [0.4, 0.5) is 8.78 Å². The number of alkyl halides is 2. The summed E-state index contributed by atoms with van der Waals surface area (Å²) in [6.07, 6.45) is -0.0401. The molecule has 2 aliphatic rings. The van der Waals surface area contributed by atoms with Crippen LogP contribution in [0.15, 0.2) is 84.9 Å². The van der Waals surface area contributed by atoms with Gasteiger partial charge in [-0.1, -0.05) is 87.5 Å². The minimum atomic E-state index is -4.87. The normalized spacial score (nSPS) is 19.2. The molecule has 0 unspecified atom stereocenters. The third-order valence-electron chi connectivity index (χ3n) is 10.7. The van der Waals surface area contributed by atoms with Crippen LogP contribution >= 0.6 is 18.9 Å². The molecule has 17 heteroatoms. The van der Waals surface area contributed by atoms with Gasteiger partial charge in [0.25, 0.3) is 5.91 Å². The van der Waals surface area contributed by atoms with E-state index in [2.05, 4.69) is 10.6 Å². The molecule has 3 aromatic carbocycles. The molecule has 4 atom stereocenters. The van der Waals surface area contributed by atoms with Crippen LogP contribution in [0, 0.1) is 5.41 Å². The number of carbonyl (C=O) groups is 4. The van der Waals surface area contributed by atoms with Crippen LogP contribution in [0.25, 0.3) is 10.1 Å². The lowest BCUT2D eigenvalue weighted by Crippen LogP contribution is -2.61. The fourth-order valence-corrected chi connectivity index (χ4v) is 10.0. The van der Waals surface area contributed by atoms with Crippen LogP contribution in [0.3, 0.4) is 0 Å². The van der Waals surface area contributed by atoms with E-state index in [1.807, 2.05) is 60.7 Å². The first-order valence-electron chi connectivity index (χ1n) is 20.4. The number of benzene rings is 3. The molecule has 2 fully saturated rings. The van der Waals surface area contributed by atoms with Crippen LogP contribution in [-0.4, -0.2) is 97.6 Å². The Bertz CT molecular complexity index is 2210. The van der Waals surface area contributed by atoms with Gasteiger partial charge in [0, 0.05) is 29.4 Å². The molecule has 0 spiro atoms. The number of amides is 3. The predicted octanol–water partition coefficient (Wildman–Crippen LogP) is 7.26. The first-order chi connectivity index (χ1) is 29.1. The Morgan fingerprint density at radius 1 is 0.934 bits per heavy atom. The highest BCUT2D eigenvalue weighted by atomic mass is 32.1. The van der Waals surface area contributed by atoms with Gasteiger partial charge in [0.2, 0.25) is 11.8 Å². The number of likely N-dealkylation sites (tertiary alicyclic amines) is 1. The maximum atomic E-state index is 15.6. The smallest absolute Gasteiger partial charge is 0.404 e. The van der Waals surface area contributed by atoms with E-state index in [9.17, 15) is 23.7 Å². The van der Waals surface area contributed by atoms with E-state index in [0.717, 1.165) is 34.6 Å². The molecule has 2 N–H and O–H groups in total. The number of nitrogens with zero attached hydrogens (tertiary/aromatic N) is 2. The Hall–Kier alpha value is -4.57. The minimum Gasteiger partial charge on any atom is -0.460 e. The van der Waals surface area contributed by atoms with Crippen molar-refractivity contribution < 1.29 is 51.0 Å². The van der Waals surface area contributed by atoms with E-state index in [1.165, 1.54) is 30.9 Å². The third kappa shape index (κ3) is 10.6. The largest absolute Gasteiger partial charge is 0.460 e. The number of nitrogens with one attached hydrogen (secondary N) is 2. The molecule has 1 aromatic heterocycles. The number of rotatable bonds is 16. The van der Waals surface area contributed by atoms with Crippen LogP contribution < -0.4 is 10.6 Å². The van der Waals surface area contributed by atoms with Crippen LogP contribution in [-0.2, 0) is 49.7 Å². The maximum absolute atomic E-state index is 15.6. The van der Waals surface area contributed by atoms with Gasteiger partial charge in [0.05, 0.1) is 37.8 Å². The number of morpholine rings is 1. The Kier molecular flexibility index (Phi) is 14.8. The van der Waals surface area contributed by atoms with Gasteiger partial charge in [-0.3, -0.25) is 23.7 Å². The summed E-state index contributed by atoms with van der Waals surface area (Å²) in [6.45, 7) is 8.63. The van der Waals surface area contributed by atoms with Crippen molar-refractivity contribution in [3.63, 3.8) is 0 Å². The summed E-state index contributed by atoms with van der Waals surface area (Å²) in [4.78, 5) is 59.6. The van der Waals surface area contributed by atoms with Crippen LogP contribution in [0.1, 0.15) is 73.5 Å². The molecule has 0 bridgehead atoms. The van der Waals surface area contributed by atoms with Crippen molar-refractivity contribution in [1.82, 2.24) is 20.4 Å². The van der Waals surface area contributed by atoms with Gasteiger partial charge in [0.15, 0.2) is 0 Å². The summed E-state index contributed by atoms with van der Waals surface area (Å²) in [6, 6.07) is 21.2. The van der Waals surface area contributed by atoms with Gasteiger partial charge >= 0.3 is 19.2 Å². The average Bonchev–Trinajstić information content (AvgIpc) is 3.88. The van der Waals surface area contributed by atoms with E-state index >= 15 is 8.78 Å². The zero-order valence-electron chi connectivity index (χ0n) is 34.9. The molecule has 6 rings (SSSR count). The fourth-order valence-electron chi connectivity index (χ4n) is 7.52. The second-order valence-electron chi connectivity index (χ2n) is 16.0. The van der Waals surface area contributed by atoms with Crippen molar-refractivity contribution in [3.8, 4) is 0 Å². The van der Waals surface area contributed by atoms with Crippen LogP contribution in [0.5, 0.6) is 0 Å². The summed E-state index contributed by atoms with van der Waals surface area (Å²) in [5, 5.41) is 6.38. The quantitative estimate of drug-likeness (QED) is 0.0869. The second-order valence-corrected chi connectivity index (χ2v) is 19.1. The van der Waals surface area contributed by atoms with Gasteiger partial charge in [0.1, 0.15) is 24.8 Å². The third-order valence-corrected chi connectivity index (χ3v) is 13.9. The summed E-state index contributed by atoms with van der Waals surface area (Å²) < 4.78 is 66.3. The lowest BCUT2D eigenvalue weighted by atomic mass is 9.85. The summed E-state index contributed by atoms with van der Waals surface area (Å²) in [5.74, 6) is -1.95. The van der Waals surface area contributed by atoms with E-state index in [1.54, 1.807) is 25.7 Å². The molecule has 328 valence electrons. The molecule has 3 amide bonds. The molecule has 0 radical (unpaired) electrons. The van der Waals surface area contributed by atoms with Gasteiger partial charge in [-0.2, -0.15) is 8.78 Å². The van der Waals surface area contributed by atoms with Gasteiger partial charge < -0.3 is 39.0 Å². The van der Waals surface area contributed by atoms with Gasteiger partial charge in [-0.25, -0.2) is 0 Å². The number of esters is 1. The van der Waals surface area contributed by atoms with Crippen molar-refractivity contribution in [1.29, 1.82) is 0 Å². The predicted molar refractivity (Wildman–Crippen MR) is 227 cm³/mol. The van der Waals surface area contributed by atoms with E-state index in [4.69, 9.17) is 18.5 Å². The summed E-state index contributed by atoms with van der Waals surface area (Å²) >= 11 is 1.04. The number of ether oxygens (including phenoxy) is 2. The number of hydrogen-bond donors (Lipinski definition) is 2. The molecular formula is C44H53F2N4O9PS. The molecule has 4 aromatic rings. The van der Waals surface area contributed by atoms with Crippen molar-refractivity contribution in [2.24, 2.45) is 5.41 Å². The highest BCUT2D eigenvalue weighted by Crippen LogP contribution is 2.67. The Labute approximate surface area is 358 Å². The zero-order valence-corrected chi connectivity index (χ0v) is 36.6. The number of carbonyl (C=O) groups excluding carboxylic acids is 4. The first-order valence-corrected chi connectivity index (χ1v) is 22.7. The van der Waals surface area contributed by atoms with Crippen molar-refractivity contribution in [2.45, 2.75) is 77.5 Å². The van der Waals surface area contributed by atoms with E-state index in [0.29, 0.717) is 23.1 Å². The molecule has 61 heavy (non-hydrogen) atoms. The lowest BCUT2D eigenvalue weighted by molar-refractivity contribution is -0.151. The molecule has 0 aliphatic carbocycles. The average molecular weight is 883 g/mol. The maximum Gasteiger partial charge on any atom is 0.404 e. The monoisotopic (exact) mass is 882 g/mol. The number of halogens is 2. The van der Waals surface area contributed by atoms with Crippen LogP contribution in [0.2, 0.25) is 0 Å².